The molecule has 0 fully saturated rings. The summed E-state index contributed by atoms with van der Waals surface area (Å²) >= 11 is 0. The van der Waals surface area contributed by atoms with Crippen LogP contribution in [0.15, 0.2) is 140 Å². The van der Waals surface area contributed by atoms with Crippen LogP contribution >= 0.6 is 0 Å². The van der Waals surface area contributed by atoms with Crippen LogP contribution in [-0.2, 0) is 0 Å². The fraction of sp³-hybridized carbons (Fsp3) is 0.0588. The molecular formula is C34H27N3. The minimum absolute atomic E-state index is 0.0193. The Morgan fingerprint density at radius 2 is 1.14 bits per heavy atom. The van der Waals surface area contributed by atoms with Crippen molar-refractivity contribution < 1.29 is 0 Å². The normalized spacial score (nSPS) is 17.7. The summed E-state index contributed by atoms with van der Waals surface area (Å²) in [5.41, 5.74) is 11.0. The minimum atomic E-state index is -0.0309. The molecule has 2 heterocycles. The van der Waals surface area contributed by atoms with E-state index in [0.29, 0.717) is 0 Å². The molecule has 37 heavy (non-hydrogen) atoms. The van der Waals surface area contributed by atoms with Crippen molar-refractivity contribution in [3.8, 4) is 33.4 Å². The highest BCUT2D eigenvalue weighted by Gasteiger charge is 2.31. The molecule has 2 N–H and O–H groups in total. The fourth-order valence-electron chi connectivity index (χ4n) is 5.58. The Bertz CT molecular complexity index is 1590. The Balaban J connectivity index is 1.41. The molecule has 7 rings (SSSR count). The van der Waals surface area contributed by atoms with Crippen molar-refractivity contribution in [2.24, 2.45) is 0 Å². The molecule has 5 aromatic carbocycles. The molecule has 3 nitrogen and oxygen atoms in total. The van der Waals surface area contributed by atoms with E-state index in [1.165, 1.54) is 50.3 Å². The molecule has 0 amide bonds. The molecule has 0 spiro atoms. The molecule has 2 atom stereocenters. The molecule has 2 unspecified atom stereocenters. The zero-order chi connectivity index (χ0) is 24.6. The summed E-state index contributed by atoms with van der Waals surface area (Å²) in [5.74, 6) is 0. The predicted octanol–water partition coefficient (Wildman–Crippen LogP) is 7.87. The monoisotopic (exact) mass is 477 g/mol. The topological polar surface area (TPSA) is 27.3 Å². The zero-order valence-corrected chi connectivity index (χ0v) is 20.4. The van der Waals surface area contributed by atoms with Gasteiger partial charge in [-0.2, -0.15) is 0 Å². The van der Waals surface area contributed by atoms with Crippen LogP contribution in [0.3, 0.4) is 0 Å². The number of para-hydroxylation sites is 2. The molecule has 0 bridgehead atoms. The maximum Gasteiger partial charge on any atom is 0.107 e. The van der Waals surface area contributed by atoms with E-state index in [2.05, 4.69) is 155 Å². The average Bonchev–Trinajstić information content (AvgIpc) is 3.10. The van der Waals surface area contributed by atoms with Crippen LogP contribution in [-0.4, -0.2) is 6.17 Å². The van der Waals surface area contributed by atoms with E-state index in [4.69, 9.17) is 0 Å². The zero-order valence-electron chi connectivity index (χ0n) is 20.4. The van der Waals surface area contributed by atoms with Gasteiger partial charge in [-0.25, -0.2) is 0 Å². The average molecular weight is 478 g/mol. The number of anilines is 2. The molecule has 3 heteroatoms. The number of benzene rings is 5. The van der Waals surface area contributed by atoms with E-state index in [0.717, 1.165) is 0 Å². The molecule has 0 radical (unpaired) electrons. The van der Waals surface area contributed by atoms with Gasteiger partial charge < -0.3 is 10.2 Å². The van der Waals surface area contributed by atoms with E-state index in [1.807, 2.05) is 0 Å². The van der Waals surface area contributed by atoms with Gasteiger partial charge in [0.2, 0.25) is 0 Å². The van der Waals surface area contributed by atoms with Crippen molar-refractivity contribution >= 4 is 11.4 Å². The molecule has 0 aliphatic carbocycles. The first-order valence-corrected chi connectivity index (χ1v) is 12.8. The largest absolute Gasteiger partial charge is 0.372 e. The maximum absolute atomic E-state index is 3.84. The smallest absolute Gasteiger partial charge is 0.107 e. The van der Waals surface area contributed by atoms with Gasteiger partial charge in [0.25, 0.3) is 0 Å². The van der Waals surface area contributed by atoms with E-state index in [1.54, 1.807) is 0 Å². The van der Waals surface area contributed by atoms with E-state index < -0.39 is 0 Å². The first-order valence-electron chi connectivity index (χ1n) is 12.8. The third kappa shape index (κ3) is 3.81. The fourth-order valence-corrected chi connectivity index (χ4v) is 5.58. The van der Waals surface area contributed by atoms with Gasteiger partial charge in [0, 0.05) is 11.1 Å². The van der Waals surface area contributed by atoms with Gasteiger partial charge in [-0.1, -0.05) is 109 Å². The first kappa shape index (κ1) is 21.7. The summed E-state index contributed by atoms with van der Waals surface area (Å²) in [6, 6.07) is 45.6. The summed E-state index contributed by atoms with van der Waals surface area (Å²) in [4.78, 5) is 2.44. The quantitative estimate of drug-likeness (QED) is 0.277. The number of hydrogen-bond acceptors (Lipinski definition) is 3. The summed E-state index contributed by atoms with van der Waals surface area (Å²) < 4.78 is 0. The third-order valence-corrected chi connectivity index (χ3v) is 7.32. The summed E-state index contributed by atoms with van der Waals surface area (Å²) in [6.07, 6.45) is 4.27. The van der Waals surface area contributed by atoms with Gasteiger partial charge in [0.15, 0.2) is 0 Å². The number of fused-ring (bicyclic) bond motifs is 5. The lowest BCUT2D eigenvalue weighted by Gasteiger charge is -2.38. The summed E-state index contributed by atoms with van der Waals surface area (Å²) in [7, 11) is 0. The minimum Gasteiger partial charge on any atom is -0.372 e. The van der Waals surface area contributed by atoms with Gasteiger partial charge in [-0.05, 0) is 58.3 Å². The molecule has 0 aromatic heterocycles. The standard InChI is InChI=1S/C34H27N3/c1-3-11-24(12-4-1)26-19-20-27-28-15-7-9-17-31(28)37(32-18-10-8-16-29(32)30(27)23-26)33-21-22-35-34(36-33)25-13-5-2-6-14-25/h1-23,33-36H. The Kier molecular flexibility index (Phi) is 5.34. The molecule has 0 saturated carbocycles. The lowest BCUT2D eigenvalue weighted by molar-refractivity contribution is 0.428. The van der Waals surface area contributed by atoms with Crippen LogP contribution in [0, 0.1) is 0 Å². The summed E-state index contributed by atoms with van der Waals surface area (Å²) in [5, 5.41) is 7.33. The van der Waals surface area contributed by atoms with E-state index in [9.17, 15) is 0 Å². The highest BCUT2D eigenvalue weighted by atomic mass is 15.3. The third-order valence-electron chi connectivity index (χ3n) is 7.32. The van der Waals surface area contributed by atoms with Crippen molar-refractivity contribution in [2.75, 3.05) is 4.90 Å². The molecule has 2 aliphatic rings. The second-order valence-electron chi connectivity index (χ2n) is 9.51. The van der Waals surface area contributed by atoms with Gasteiger partial charge in [0.05, 0.1) is 11.4 Å². The first-order chi connectivity index (χ1) is 18.4. The predicted molar refractivity (Wildman–Crippen MR) is 153 cm³/mol. The molecular weight excluding hydrogens is 450 g/mol. The number of rotatable bonds is 3. The Morgan fingerprint density at radius 3 is 1.86 bits per heavy atom. The lowest BCUT2D eigenvalue weighted by atomic mass is 9.91. The number of nitrogens with one attached hydrogen (secondary N) is 2. The second kappa shape index (κ2) is 9.12. The van der Waals surface area contributed by atoms with Crippen LogP contribution in [0.5, 0.6) is 0 Å². The van der Waals surface area contributed by atoms with Crippen molar-refractivity contribution in [1.29, 1.82) is 0 Å². The van der Waals surface area contributed by atoms with Crippen LogP contribution in [0.1, 0.15) is 11.7 Å². The Morgan fingerprint density at radius 1 is 0.514 bits per heavy atom. The van der Waals surface area contributed by atoms with Gasteiger partial charge in [0.1, 0.15) is 12.3 Å². The number of nitrogens with zero attached hydrogens (tertiary/aromatic N) is 1. The highest BCUT2D eigenvalue weighted by molar-refractivity contribution is 6.00. The van der Waals surface area contributed by atoms with Crippen molar-refractivity contribution in [3.63, 3.8) is 0 Å². The van der Waals surface area contributed by atoms with Crippen LogP contribution in [0.2, 0.25) is 0 Å². The molecule has 5 aromatic rings. The SMILES string of the molecule is C1=CC(N2c3ccccc3-c3ccc(-c4ccccc4)cc3-c3ccccc32)NC(c2ccccc2)N1. The Labute approximate surface area is 217 Å². The highest BCUT2D eigenvalue weighted by Crippen LogP contribution is 2.49. The maximum atomic E-state index is 3.84. The van der Waals surface area contributed by atoms with Crippen molar-refractivity contribution in [3.05, 3.63) is 145 Å². The lowest BCUT2D eigenvalue weighted by Crippen LogP contribution is -2.49. The van der Waals surface area contributed by atoms with Gasteiger partial charge in [-0.15, -0.1) is 0 Å². The van der Waals surface area contributed by atoms with Crippen LogP contribution in [0.25, 0.3) is 33.4 Å². The van der Waals surface area contributed by atoms with E-state index in [-0.39, 0.29) is 12.3 Å². The Hall–Kier alpha value is -4.60. The van der Waals surface area contributed by atoms with Gasteiger partial charge >= 0.3 is 0 Å². The van der Waals surface area contributed by atoms with Crippen molar-refractivity contribution in [2.45, 2.75) is 12.3 Å². The number of hydrogen-bond donors (Lipinski definition) is 2. The molecule has 2 aliphatic heterocycles. The van der Waals surface area contributed by atoms with Gasteiger partial charge in [-0.3, -0.25) is 5.32 Å². The molecule has 0 saturated heterocycles. The summed E-state index contributed by atoms with van der Waals surface area (Å²) in [6.45, 7) is 0. The molecule has 178 valence electrons. The van der Waals surface area contributed by atoms with E-state index >= 15 is 0 Å². The van der Waals surface area contributed by atoms with Crippen LogP contribution < -0.4 is 15.5 Å². The van der Waals surface area contributed by atoms with Crippen molar-refractivity contribution in [1.82, 2.24) is 10.6 Å². The van der Waals surface area contributed by atoms with Crippen LogP contribution in [0.4, 0.5) is 11.4 Å². The second-order valence-corrected chi connectivity index (χ2v) is 9.51.